The summed E-state index contributed by atoms with van der Waals surface area (Å²) in [6.07, 6.45) is 4.23. The number of carbonyl (C=O) groups is 2. The van der Waals surface area contributed by atoms with E-state index in [-0.39, 0.29) is 17.7 Å². The van der Waals surface area contributed by atoms with Crippen molar-refractivity contribution in [3.63, 3.8) is 0 Å². The first-order valence-electron chi connectivity index (χ1n) is 9.91. The normalized spacial score (nSPS) is 13.2. The Morgan fingerprint density at radius 3 is 2.21 bits per heavy atom. The molecule has 0 aliphatic heterocycles. The monoisotopic (exact) mass is 388 g/mol. The van der Waals surface area contributed by atoms with Crippen LogP contribution in [0.15, 0.2) is 54.7 Å². The minimum Gasteiger partial charge on any atom is -0.326 e. The lowest BCUT2D eigenvalue weighted by molar-refractivity contribution is -0.117. The van der Waals surface area contributed by atoms with Crippen molar-refractivity contribution in [2.24, 2.45) is 5.92 Å². The molecule has 6 nitrogen and oxygen atoms in total. The van der Waals surface area contributed by atoms with Crippen LogP contribution < -0.4 is 10.6 Å². The average Bonchev–Trinajstić information content (AvgIpc) is 3.49. The van der Waals surface area contributed by atoms with Crippen LogP contribution in [-0.4, -0.2) is 21.6 Å². The Balaban J connectivity index is 1.48. The Morgan fingerprint density at radius 2 is 1.62 bits per heavy atom. The topological polar surface area (TPSA) is 76.0 Å². The molecule has 1 fully saturated rings. The van der Waals surface area contributed by atoms with E-state index in [0.717, 1.165) is 29.9 Å². The summed E-state index contributed by atoms with van der Waals surface area (Å²) < 4.78 is 1.81. The molecular weight excluding hydrogens is 364 g/mol. The van der Waals surface area contributed by atoms with Crippen LogP contribution in [0.1, 0.15) is 41.4 Å². The Bertz CT molecular complexity index is 1030. The summed E-state index contributed by atoms with van der Waals surface area (Å²) in [6.45, 7) is 4.05. The van der Waals surface area contributed by atoms with E-state index >= 15 is 0 Å². The van der Waals surface area contributed by atoms with Crippen LogP contribution >= 0.6 is 0 Å². The molecule has 0 unspecified atom stereocenters. The van der Waals surface area contributed by atoms with Crippen LogP contribution in [0.5, 0.6) is 0 Å². The number of hydrogen-bond acceptors (Lipinski definition) is 3. The molecule has 0 bridgehead atoms. The number of carbonyl (C=O) groups excluding carboxylic acids is 2. The van der Waals surface area contributed by atoms with E-state index in [1.165, 1.54) is 5.56 Å². The van der Waals surface area contributed by atoms with Crippen LogP contribution in [0.2, 0.25) is 0 Å². The molecule has 1 heterocycles. The summed E-state index contributed by atoms with van der Waals surface area (Å²) in [4.78, 5) is 24.7. The van der Waals surface area contributed by atoms with Gasteiger partial charge in [0.05, 0.1) is 23.1 Å². The smallest absolute Gasteiger partial charge is 0.259 e. The second kappa shape index (κ2) is 7.91. The van der Waals surface area contributed by atoms with Gasteiger partial charge in [-0.3, -0.25) is 9.59 Å². The Hall–Kier alpha value is -3.41. The first-order chi connectivity index (χ1) is 14.0. The zero-order valence-corrected chi connectivity index (χ0v) is 16.6. The number of nitrogens with zero attached hydrogens (tertiary/aromatic N) is 2. The Kier molecular flexibility index (Phi) is 5.16. The van der Waals surface area contributed by atoms with Gasteiger partial charge in [0.2, 0.25) is 5.91 Å². The summed E-state index contributed by atoms with van der Waals surface area (Å²) in [5, 5.41) is 10.2. The molecule has 3 aromatic rings. The maximum atomic E-state index is 12.8. The molecule has 1 aliphatic rings. The highest BCUT2D eigenvalue weighted by Gasteiger charge is 2.29. The van der Waals surface area contributed by atoms with E-state index in [2.05, 4.69) is 15.7 Å². The second-order valence-electron chi connectivity index (χ2n) is 7.40. The van der Waals surface area contributed by atoms with Crippen LogP contribution in [-0.2, 0) is 11.2 Å². The van der Waals surface area contributed by atoms with Crippen LogP contribution in [0.25, 0.3) is 5.69 Å². The molecule has 0 atom stereocenters. The number of amides is 2. The molecular formula is C23H24N4O2. The van der Waals surface area contributed by atoms with Gasteiger partial charge in [0.1, 0.15) is 0 Å². The van der Waals surface area contributed by atoms with Gasteiger partial charge in [-0.15, -0.1) is 0 Å². The molecule has 1 aliphatic carbocycles. The van der Waals surface area contributed by atoms with Crippen molar-refractivity contribution in [3.05, 3.63) is 71.5 Å². The number of anilines is 2. The molecule has 0 saturated heterocycles. The van der Waals surface area contributed by atoms with Crippen LogP contribution in [0, 0.1) is 12.8 Å². The Morgan fingerprint density at radius 1 is 1.00 bits per heavy atom. The lowest BCUT2D eigenvalue weighted by atomic mass is 10.1. The second-order valence-corrected chi connectivity index (χ2v) is 7.40. The van der Waals surface area contributed by atoms with Crippen LogP contribution in [0.4, 0.5) is 11.4 Å². The van der Waals surface area contributed by atoms with Gasteiger partial charge < -0.3 is 10.6 Å². The minimum atomic E-state index is -0.199. The van der Waals surface area contributed by atoms with Crippen molar-refractivity contribution in [2.45, 2.75) is 33.1 Å². The van der Waals surface area contributed by atoms with Gasteiger partial charge in [0, 0.05) is 17.3 Å². The Labute approximate surface area is 169 Å². The first-order valence-corrected chi connectivity index (χ1v) is 9.91. The predicted octanol–water partition coefficient (Wildman–Crippen LogP) is 4.34. The number of benzene rings is 2. The number of aromatic nitrogens is 2. The summed E-state index contributed by atoms with van der Waals surface area (Å²) in [5.74, 6) is 0.0276. The van der Waals surface area contributed by atoms with E-state index < -0.39 is 0 Å². The van der Waals surface area contributed by atoms with Gasteiger partial charge in [-0.1, -0.05) is 24.6 Å². The highest BCUT2D eigenvalue weighted by atomic mass is 16.2. The van der Waals surface area contributed by atoms with E-state index in [0.29, 0.717) is 17.7 Å². The van der Waals surface area contributed by atoms with Crippen LogP contribution in [0.3, 0.4) is 0 Å². The number of rotatable bonds is 6. The zero-order valence-electron chi connectivity index (χ0n) is 16.6. The molecule has 2 aromatic carbocycles. The summed E-state index contributed by atoms with van der Waals surface area (Å²) in [5.41, 5.74) is 4.93. The number of hydrogen-bond donors (Lipinski definition) is 2. The van der Waals surface area contributed by atoms with Crippen molar-refractivity contribution in [3.8, 4) is 5.69 Å². The number of nitrogens with one attached hydrogen (secondary N) is 2. The van der Waals surface area contributed by atoms with Gasteiger partial charge in [0.15, 0.2) is 0 Å². The fourth-order valence-electron chi connectivity index (χ4n) is 3.24. The van der Waals surface area contributed by atoms with Crippen molar-refractivity contribution in [1.82, 2.24) is 9.78 Å². The zero-order chi connectivity index (χ0) is 20.4. The molecule has 1 aromatic heterocycles. The predicted molar refractivity (Wildman–Crippen MR) is 113 cm³/mol. The lowest BCUT2D eigenvalue weighted by Crippen LogP contribution is -2.15. The lowest BCUT2D eigenvalue weighted by Gasteiger charge is -2.10. The molecule has 1 saturated carbocycles. The summed E-state index contributed by atoms with van der Waals surface area (Å²) in [7, 11) is 0. The maximum absolute atomic E-state index is 12.8. The van der Waals surface area contributed by atoms with Crippen molar-refractivity contribution >= 4 is 23.2 Å². The molecule has 2 N–H and O–H groups in total. The highest BCUT2D eigenvalue weighted by molar-refractivity contribution is 6.05. The fraction of sp³-hybridized carbons (Fsp3) is 0.261. The molecule has 4 rings (SSSR count). The molecule has 29 heavy (non-hydrogen) atoms. The third-order valence-corrected chi connectivity index (χ3v) is 5.09. The van der Waals surface area contributed by atoms with Gasteiger partial charge in [-0.05, 0) is 62.6 Å². The van der Waals surface area contributed by atoms with Crippen molar-refractivity contribution < 1.29 is 9.59 Å². The molecule has 0 spiro atoms. The maximum Gasteiger partial charge on any atom is 0.259 e. The van der Waals surface area contributed by atoms with Crippen molar-refractivity contribution in [2.75, 3.05) is 10.6 Å². The molecule has 2 amide bonds. The molecule has 6 heteroatoms. The van der Waals surface area contributed by atoms with E-state index in [4.69, 9.17) is 0 Å². The van der Waals surface area contributed by atoms with Gasteiger partial charge in [-0.2, -0.15) is 5.10 Å². The SMILES string of the molecule is CCc1c(C(=O)Nc2ccc(NC(=O)C3CC3)cc2)cnn1-c1ccc(C)cc1. The standard InChI is InChI=1S/C23H24N4O2/c1-3-21-20(14-24-27(21)19-12-4-15(2)5-13-19)23(29)26-18-10-8-17(9-11-18)25-22(28)16-6-7-16/h4-5,8-14,16H,3,6-7H2,1-2H3,(H,25,28)(H,26,29). The summed E-state index contributed by atoms with van der Waals surface area (Å²) in [6, 6.07) is 15.2. The van der Waals surface area contributed by atoms with E-state index in [1.807, 2.05) is 42.8 Å². The van der Waals surface area contributed by atoms with E-state index in [1.54, 1.807) is 30.5 Å². The largest absolute Gasteiger partial charge is 0.326 e. The molecule has 148 valence electrons. The van der Waals surface area contributed by atoms with Crippen molar-refractivity contribution in [1.29, 1.82) is 0 Å². The fourth-order valence-corrected chi connectivity index (χ4v) is 3.24. The quantitative estimate of drug-likeness (QED) is 0.659. The number of aryl methyl sites for hydroxylation is 1. The van der Waals surface area contributed by atoms with E-state index in [9.17, 15) is 9.59 Å². The van der Waals surface area contributed by atoms with Gasteiger partial charge in [0.25, 0.3) is 5.91 Å². The third kappa shape index (κ3) is 4.21. The first kappa shape index (κ1) is 18.9. The molecule has 0 radical (unpaired) electrons. The average molecular weight is 388 g/mol. The third-order valence-electron chi connectivity index (χ3n) is 5.09. The van der Waals surface area contributed by atoms with Gasteiger partial charge >= 0.3 is 0 Å². The van der Waals surface area contributed by atoms with Gasteiger partial charge in [-0.25, -0.2) is 4.68 Å². The minimum absolute atomic E-state index is 0.0675. The highest BCUT2D eigenvalue weighted by Crippen LogP contribution is 2.30. The summed E-state index contributed by atoms with van der Waals surface area (Å²) >= 11 is 0.